The summed E-state index contributed by atoms with van der Waals surface area (Å²) in [7, 11) is -3.49. The van der Waals surface area contributed by atoms with Crippen LogP contribution in [0.5, 0.6) is 0 Å². The minimum Gasteiger partial charge on any atom is -0.481 e. The molecule has 0 saturated heterocycles. The van der Waals surface area contributed by atoms with E-state index in [0.29, 0.717) is 12.8 Å². The molecule has 0 spiro atoms. The molecule has 0 aliphatic heterocycles. The van der Waals surface area contributed by atoms with E-state index in [1.54, 1.807) is 31.2 Å². The van der Waals surface area contributed by atoms with Gasteiger partial charge in [0.25, 0.3) is 0 Å². The molecule has 0 saturated carbocycles. The summed E-state index contributed by atoms with van der Waals surface area (Å²) in [4.78, 5) is 10.8. The van der Waals surface area contributed by atoms with Crippen LogP contribution in [0.2, 0.25) is 0 Å². The summed E-state index contributed by atoms with van der Waals surface area (Å²) in [5.74, 6) is -1.31. The van der Waals surface area contributed by atoms with Crippen molar-refractivity contribution in [1.29, 1.82) is 0 Å². The van der Waals surface area contributed by atoms with E-state index in [1.165, 1.54) is 0 Å². The van der Waals surface area contributed by atoms with E-state index in [2.05, 4.69) is 4.72 Å². The van der Waals surface area contributed by atoms with Gasteiger partial charge in [0.2, 0.25) is 10.0 Å². The Morgan fingerprint density at radius 2 is 1.89 bits per heavy atom. The second kappa shape index (κ2) is 6.68. The molecule has 0 fully saturated rings. The van der Waals surface area contributed by atoms with Crippen LogP contribution in [-0.4, -0.2) is 26.0 Å². The van der Waals surface area contributed by atoms with E-state index < -0.39 is 21.9 Å². The third-order valence-corrected chi connectivity index (χ3v) is 4.34. The lowest BCUT2D eigenvalue weighted by Crippen LogP contribution is -2.25. The maximum atomic E-state index is 11.9. The molecular weight excluding hydrogens is 266 g/mol. The van der Waals surface area contributed by atoms with Crippen molar-refractivity contribution in [3.05, 3.63) is 29.8 Å². The minimum atomic E-state index is -3.49. The van der Waals surface area contributed by atoms with Crippen molar-refractivity contribution in [1.82, 2.24) is 4.72 Å². The predicted molar refractivity (Wildman–Crippen MR) is 72.4 cm³/mol. The Balaban J connectivity index is 2.48. The van der Waals surface area contributed by atoms with Gasteiger partial charge in [-0.15, -0.1) is 0 Å². The first kappa shape index (κ1) is 15.7. The van der Waals surface area contributed by atoms with Gasteiger partial charge in [0.1, 0.15) is 0 Å². The number of benzene rings is 1. The van der Waals surface area contributed by atoms with Crippen LogP contribution < -0.4 is 4.72 Å². The topological polar surface area (TPSA) is 83.5 Å². The Morgan fingerprint density at radius 1 is 1.32 bits per heavy atom. The summed E-state index contributed by atoms with van der Waals surface area (Å²) in [6.07, 6.45) is 0.949. The van der Waals surface area contributed by atoms with Gasteiger partial charge in [0.05, 0.1) is 10.8 Å². The Kier molecular flexibility index (Phi) is 5.50. The van der Waals surface area contributed by atoms with Crippen LogP contribution in [0.1, 0.15) is 25.3 Å². The fourth-order valence-electron chi connectivity index (χ4n) is 1.54. The van der Waals surface area contributed by atoms with E-state index in [0.717, 1.165) is 5.56 Å². The zero-order chi connectivity index (χ0) is 14.5. The highest BCUT2D eigenvalue weighted by atomic mass is 32.2. The molecule has 106 valence electrons. The van der Waals surface area contributed by atoms with E-state index >= 15 is 0 Å². The van der Waals surface area contributed by atoms with Crippen molar-refractivity contribution in [3.8, 4) is 0 Å². The minimum absolute atomic E-state index is 0.226. The molecule has 0 aliphatic rings. The van der Waals surface area contributed by atoms with Gasteiger partial charge >= 0.3 is 5.97 Å². The number of hydrogen-bond acceptors (Lipinski definition) is 3. The Hall–Kier alpha value is -1.40. The number of carbonyl (C=O) groups is 1. The molecule has 0 amide bonds. The third kappa shape index (κ3) is 5.00. The van der Waals surface area contributed by atoms with Gasteiger partial charge in [-0.25, -0.2) is 13.1 Å². The Labute approximate surface area is 113 Å². The summed E-state index contributed by atoms with van der Waals surface area (Å²) >= 11 is 0. The van der Waals surface area contributed by atoms with Gasteiger partial charge < -0.3 is 5.11 Å². The maximum Gasteiger partial charge on any atom is 0.306 e. The monoisotopic (exact) mass is 285 g/mol. The number of carboxylic acids is 1. The lowest BCUT2D eigenvalue weighted by molar-refractivity contribution is -0.141. The van der Waals surface area contributed by atoms with Crippen LogP contribution in [0.4, 0.5) is 0 Å². The van der Waals surface area contributed by atoms with Crippen molar-refractivity contribution in [2.24, 2.45) is 5.92 Å². The average Bonchev–Trinajstić information content (AvgIpc) is 2.34. The highest BCUT2D eigenvalue weighted by molar-refractivity contribution is 7.89. The van der Waals surface area contributed by atoms with Crippen LogP contribution >= 0.6 is 0 Å². The molecule has 1 aromatic carbocycles. The molecule has 0 radical (unpaired) electrons. The van der Waals surface area contributed by atoms with Crippen molar-refractivity contribution in [3.63, 3.8) is 0 Å². The molecule has 19 heavy (non-hydrogen) atoms. The Bertz CT molecular complexity index is 522. The normalized spacial score (nSPS) is 13.2. The average molecular weight is 285 g/mol. The molecule has 0 bridgehead atoms. The fraction of sp³-hybridized carbons (Fsp3) is 0.462. The number of aliphatic carboxylic acids is 1. The van der Waals surface area contributed by atoms with Crippen molar-refractivity contribution in [2.45, 2.75) is 31.6 Å². The van der Waals surface area contributed by atoms with Crippen LogP contribution in [0.3, 0.4) is 0 Å². The molecule has 1 rings (SSSR count). The van der Waals surface area contributed by atoms with Crippen molar-refractivity contribution < 1.29 is 18.3 Å². The Morgan fingerprint density at radius 3 is 2.42 bits per heavy atom. The van der Waals surface area contributed by atoms with E-state index in [-0.39, 0.29) is 11.4 Å². The second-order valence-electron chi connectivity index (χ2n) is 4.59. The number of aryl methyl sites for hydroxylation is 1. The van der Waals surface area contributed by atoms with Gasteiger partial charge in [0, 0.05) is 6.54 Å². The highest BCUT2D eigenvalue weighted by Gasteiger charge is 2.14. The SMILES string of the molecule is Cc1ccc(S(=O)(=O)NCCCC(C)C(=O)O)cc1. The number of hydrogen-bond donors (Lipinski definition) is 2. The molecule has 0 aliphatic carbocycles. The first-order valence-electron chi connectivity index (χ1n) is 6.12. The quantitative estimate of drug-likeness (QED) is 0.748. The molecule has 1 atom stereocenters. The van der Waals surface area contributed by atoms with Gasteiger partial charge in [-0.1, -0.05) is 24.6 Å². The number of carboxylic acid groups (broad SMARTS) is 1. The highest BCUT2D eigenvalue weighted by Crippen LogP contribution is 2.10. The predicted octanol–water partition coefficient (Wildman–Crippen LogP) is 1.77. The number of sulfonamides is 1. The first-order chi connectivity index (χ1) is 8.83. The molecule has 1 unspecified atom stereocenters. The summed E-state index contributed by atoms with van der Waals surface area (Å²) < 4.78 is 26.3. The van der Waals surface area contributed by atoms with Gasteiger partial charge in [-0.05, 0) is 31.9 Å². The lowest BCUT2D eigenvalue weighted by Gasteiger charge is -2.08. The van der Waals surface area contributed by atoms with E-state index in [4.69, 9.17) is 5.11 Å². The molecule has 5 nitrogen and oxygen atoms in total. The number of rotatable bonds is 7. The van der Waals surface area contributed by atoms with Gasteiger partial charge in [-0.2, -0.15) is 0 Å². The molecule has 6 heteroatoms. The number of nitrogens with one attached hydrogen (secondary N) is 1. The van der Waals surface area contributed by atoms with Crippen LogP contribution in [0, 0.1) is 12.8 Å². The standard InChI is InChI=1S/C13H19NO4S/c1-10-5-7-12(8-6-10)19(17,18)14-9-3-4-11(2)13(15)16/h5-8,11,14H,3-4,9H2,1-2H3,(H,15,16). The van der Waals surface area contributed by atoms with Crippen LogP contribution in [0.15, 0.2) is 29.2 Å². The zero-order valence-electron chi connectivity index (χ0n) is 11.1. The molecular formula is C13H19NO4S. The molecule has 0 aromatic heterocycles. The van der Waals surface area contributed by atoms with Crippen LogP contribution in [0.25, 0.3) is 0 Å². The van der Waals surface area contributed by atoms with E-state index in [9.17, 15) is 13.2 Å². The zero-order valence-corrected chi connectivity index (χ0v) is 11.9. The molecule has 1 aromatic rings. The van der Waals surface area contributed by atoms with Gasteiger partial charge in [0.15, 0.2) is 0 Å². The molecule has 0 heterocycles. The van der Waals surface area contributed by atoms with Gasteiger partial charge in [-0.3, -0.25) is 4.79 Å². The first-order valence-corrected chi connectivity index (χ1v) is 7.60. The summed E-state index contributed by atoms with van der Waals surface area (Å²) in [6, 6.07) is 6.58. The van der Waals surface area contributed by atoms with Crippen LogP contribution in [-0.2, 0) is 14.8 Å². The van der Waals surface area contributed by atoms with Crippen molar-refractivity contribution in [2.75, 3.05) is 6.54 Å². The second-order valence-corrected chi connectivity index (χ2v) is 6.36. The largest absolute Gasteiger partial charge is 0.481 e. The molecule has 2 N–H and O–H groups in total. The van der Waals surface area contributed by atoms with Crippen molar-refractivity contribution >= 4 is 16.0 Å². The summed E-state index contributed by atoms with van der Waals surface area (Å²) in [6.45, 7) is 3.74. The fourth-order valence-corrected chi connectivity index (χ4v) is 2.61. The third-order valence-electron chi connectivity index (χ3n) is 2.86. The lowest BCUT2D eigenvalue weighted by atomic mass is 10.1. The van der Waals surface area contributed by atoms with E-state index in [1.807, 2.05) is 6.92 Å². The smallest absolute Gasteiger partial charge is 0.306 e. The summed E-state index contributed by atoms with van der Waals surface area (Å²) in [5, 5.41) is 8.71. The maximum absolute atomic E-state index is 11.9. The summed E-state index contributed by atoms with van der Waals surface area (Å²) in [5.41, 5.74) is 0.995.